The molecule has 3 N–H and O–H groups in total. The zero-order chi connectivity index (χ0) is 18.8. The molecule has 1 fully saturated rings. The SMILES string of the molecule is CC(=O)c1cc2c(c(Nc3ccc(C4CCNCC4)c(C)c3)n1)CNC=C2. The second kappa shape index (κ2) is 7.53. The fraction of sp³-hybridized carbons (Fsp3) is 0.364. The minimum Gasteiger partial charge on any atom is -0.387 e. The van der Waals surface area contributed by atoms with E-state index in [0.29, 0.717) is 18.2 Å². The molecule has 5 heteroatoms. The highest BCUT2D eigenvalue weighted by molar-refractivity contribution is 5.93. The van der Waals surface area contributed by atoms with Gasteiger partial charge in [-0.05, 0) is 85.9 Å². The van der Waals surface area contributed by atoms with Crippen LogP contribution < -0.4 is 16.0 Å². The Morgan fingerprint density at radius 1 is 1.22 bits per heavy atom. The Bertz CT molecular complexity index is 897. The summed E-state index contributed by atoms with van der Waals surface area (Å²) in [5.74, 6) is 1.37. The largest absolute Gasteiger partial charge is 0.387 e. The van der Waals surface area contributed by atoms with Gasteiger partial charge >= 0.3 is 0 Å². The number of hydrogen-bond donors (Lipinski definition) is 3. The number of carbonyl (C=O) groups is 1. The van der Waals surface area contributed by atoms with Crippen LogP contribution in [0, 0.1) is 6.92 Å². The molecule has 4 rings (SSSR count). The maximum Gasteiger partial charge on any atom is 0.178 e. The van der Waals surface area contributed by atoms with Crippen LogP contribution in [0.15, 0.2) is 30.5 Å². The van der Waals surface area contributed by atoms with E-state index in [1.54, 1.807) is 6.92 Å². The summed E-state index contributed by atoms with van der Waals surface area (Å²) in [5.41, 5.74) is 6.38. The first-order chi connectivity index (χ1) is 13.1. The molecule has 27 heavy (non-hydrogen) atoms. The minimum atomic E-state index is -0.0229. The second-order valence-corrected chi connectivity index (χ2v) is 7.41. The molecule has 2 aromatic rings. The zero-order valence-electron chi connectivity index (χ0n) is 15.9. The van der Waals surface area contributed by atoms with E-state index in [1.807, 2.05) is 18.3 Å². The number of benzene rings is 1. The summed E-state index contributed by atoms with van der Waals surface area (Å²) in [4.78, 5) is 16.5. The molecule has 1 saturated heterocycles. The molecule has 5 nitrogen and oxygen atoms in total. The second-order valence-electron chi connectivity index (χ2n) is 7.41. The molecule has 2 aliphatic rings. The molecule has 1 aromatic carbocycles. The standard InChI is InChI=1S/C22H26N4O/c1-14-11-18(3-4-19(14)16-5-8-23-9-6-16)25-22-20-13-24-10-7-17(20)12-21(26-22)15(2)27/h3-4,7,10-12,16,23-24H,5-6,8-9,13H2,1-2H3,(H,25,26). The van der Waals surface area contributed by atoms with E-state index in [4.69, 9.17) is 0 Å². The number of piperidine rings is 1. The van der Waals surface area contributed by atoms with Crippen molar-refractivity contribution in [1.29, 1.82) is 0 Å². The Morgan fingerprint density at radius 2 is 2.04 bits per heavy atom. The number of ketones is 1. The highest BCUT2D eigenvalue weighted by Gasteiger charge is 2.18. The zero-order valence-corrected chi connectivity index (χ0v) is 15.9. The van der Waals surface area contributed by atoms with Crippen molar-refractivity contribution in [2.45, 2.75) is 39.2 Å². The third-order valence-electron chi connectivity index (χ3n) is 5.49. The van der Waals surface area contributed by atoms with E-state index >= 15 is 0 Å². The first-order valence-corrected chi connectivity index (χ1v) is 9.65. The molecular weight excluding hydrogens is 336 g/mol. The maximum absolute atomic E-state index is 11.9. The van der Waals surface area contributed by atoms with Crippen molar-refractivity contribution < 1.29 is 4.79 Å². The average Bonchev–Trinajstić information content (AvgIpc) is 2.68. The molecule has 0 radical (unpaired) electrons. The number of anilines is 2. The van der Waals surface area contributed by atoms with Gasteiger partial charge in [0.05, 0.1) is 0 Å². The Kier molecular flexibility index (Phi) is 4.94. The highest BCUT2D eigenvalue weighted by atomic mass is 16.1. The van der Waals surface area contributed by atoms with Gasteiger partial charge in [-0.3, -0.25) is 4.79 Å². The number of aromatic nitrogens is 1. The minimum absolute atomic E-state index is 0.0229. The molecule has 0 atom stereocenters. The molecule has 0 saturated carbocycles. The van der Waals surface area contributed by atoms with Gasteiger partial charge in [-0.25, -0.2) is 4.98 Å². The van der Waals surface area contributed by atoms with E-state index in [0.717, 1.165) is 35.7 Å². The van der Waals surface area contributed by atoms with Crippen LogP contribution in [0.5, 0.6) is 0 Å². The van der Waals surface area contributed by atoms with Crippen LogP contribution in [0.3, 0.4) is 0 Å². The van der Waals surface area contributed by atoms with Crippen molar-refractivity contribution >= 4 is 23.4 Å². The normalized spacial score (nSPS) is 16.5. The van der Waals surface area contributed by atoms with Gasteiger partial charge in [0.1, 0.15) is 11.5 Å². The van der Waals surface area contributed by atoms with Crippen molar-refractivity contribution in [3.63, 3.8) is 0 Å². The van der Waals surface area contributed by atoms with Crippen molar-refractivity contribution in [2.24, 2.45) is 0 Å². The molecule has 0 spiro atoms. The molecule has 140 valence electrons. The first-order valence-electron chi connectivity index (χ1n) is 9.65. The number of nitrogens with zero attached hydrogens (tertiary/aromatic N) is 1. The predicted molar refractivity (Wildman–Crippen MR) is 109 cm³/mol. The monoisotopic (exact) mass is 362 g/mol. The lowest BCUT2D eigenvalue weighted by molar-refractivity contribution is 0.101. The van der Waals surface area contributed by atoms with Gasteiger partial charge in [0.15, 0.2) is 5.78 Å². The fourth-order valence-corrected chi connectivity index (χ4v) is 4.00. The summed E-state index contributed by atoms with van der Waals surface area (Å²) in [7, 11) is 0. The Labute approximate surface area is 160 Å². The van der Waals surface area contributed by atoms with Crippen LogP contribution in [-0.2, 0) is 6.54 Å². The smallest absolute Gasteiger partial charge is 0.178 e. The number of pyridine rings is 1. The van der Waals surface area contributed by atoms with Crippen LogP contribution in [0.25, 0.3) is 6.08 Å². The highest BCUT2D eigenvalue weighted by Crippen LogP contribution is 2.31. The Morgan fingerprint density at radius 3 is 2.78 bits per heavy atom. The van der Waals surface area contributed by atoms with Crippen LogP contribution in [0.2, 0.25) is 0 Å². The van der Waals surface area contributed by atoms with Gasteiger partial charge in [0, 0.05) is 24.7 Å². The summed E-state index contributed by atoms with van der Waals surface area (Å²) in [6.07, 6.45) is 6.29. The fourth-order valence-electron chi connectivity index (χ4n) is 4.00. The van der Waals surface area contributed by atoms with Gasteiger partial charge in [-0.15, -0.1) is 0 Å². The molecule has 0 bridgehead atoms. The molecule has 2 aliphatic heterocycles. The van der Waals surface area contributed by atoms with Crippen LogP contribution >= 0.6 is 0 Å². The third kappa shape index (κ3) is 3.74. The lowest BCUT2D eigenvalue weighted by atomic mass is 9.87. The van der Waals surface area contributed by atoms with Crippen molar-refractivity contribution in [2.75, 3.05) is 18.4 Å². The molecule has 0 amide bonds. The van der Waals surface area contributed by atoms with E-state index < -0.39 is 0 Å². The number of nitrogens with one attached hydrogen (secondary N) is 3. The van der Waals surface area contributed by atoms with Gasteiger partial charge in [-0.2, -0.15) is 0 Å². The Hall–Kier alpha value is -2.66. The topological polar surface area (TPSA) is 66.0 Å². The number of hydrogen-bond acceptors (Lipinski definition) is 5. The molecule has 1 aromatic heterocycles. The van der Waals surface area contributed by atoms with E-state index in [2.05, 4.69) is 46.1 Å². The molecule has 3 heterocycles. The molecule has 0 unspecified atom stereocenters. The Balaban J connectivity index is 1.64. The number of fused-ring (bicyclic) bond motifs is 1. The summed E-state index contributed by atoms with van der Waals surface area (Å²) in [6, 6.07) is 8.43. The van der Waals surface area contributed by atoms with Gasteiger partial charge in [-0.1, -0.05) is 6.07 Å². The summed E-state index contributed by atoms with van der Waals surface area (Å²) < 4.78 is 0. The number of rotatable bonds is 4. The molecular formula is C22H26N4O. The van der Waals surface area contributed by atoms with Crippen LogP contribution in [-0.4, -0.2) is 23.9 Å². The quantitative estimate of drug-likeness (QED) is 0.721. The lowest BCUT2D eigenvalue weighted by Crippen LogP contribution is -2.26. The van der Waals surface area contributed by atoms with E-state index in [1.165, 1.54) is 24.0 Å². The summed E-state index contributed by atoms with van der Waals surface area (Å²) in [5, 5.41) is 10.1. The maximum atomic E-state index is 11.9. The lowest BCUT2D eigenvalue weighted by Gasteiger charge is -2.25. The molecule has 0 aliphatic carbocycles. The predicted octanol–water partition coefficient (Wildman–Crippen LogP) is 3.88. The number of Topliss-reactive ketones (excluding diaryl/α,β-unsaturated/α-hetero) is 1. The summed E-state index contributed by atoms with van der Waals surface area (Å²) in [6.45, 7) is 6.63. The van der Waals surface area contributed by atoms with Gasteiger partial charge in [0.2, 0.25) is 0 Å². The average molecular weight is 362 g/mol. The van der Waals surface area contributed by atoms with Gasteiger partial charge in [0.25, 0.3) is 0 Å². The first kappa shape index (κ1) is 17.7. The number of carbonyl (C=O) groups excluding carboxylic acids is 1. The van der Waals surface area contributed by atoms with E-state index in [9.17, 15) is 4.79 Å². The van der Waals surface area contributed by atoms with E-state index in [-0.39, 0.29) is 5.78 Å². The van der Waals surface area contributed by atoms with Crippen molar-refractivity contribution in [3.8, 4) is 0 Å². The van der Waals surface area contributed by atoms with Crippen molar-refractivity contribution in [3.05, 3.63) is 58.4 Å². The number of aryl methyl sites for hydroxylation is 1. The van der Waals surface area contributed by atoms with Gasteiger partial charge < -0.3 is 16.0 Å². The van der Waals surface area contributed by atoms with Crippen LogP contribution in [0.1, 0.15) is 58.4 Å². The summed E-state index contributed by atoms with van der Waals surface area (Å²) >= 11 is 0. The van der Waals surface area contributed by atoms with Crippen LogP contribution in [0.4, 0.5) is 11.5 Å². The third-order valence-corrected chi connectivity index (χ3v) is 5.49. The van der Waals surface area contributed by atoms with Crippen molar-refractivity contribution in [1.82, 2.24) is 15.6 Å².